The standard InChI is InChI=1S/C21H25NO4/c1-25-18-9-7-17(8-10-18)21(11-13-26-14-12-21)20(24)22-19(15-23)16-5-3-2-4-6-16/h2-10,19,23H,11-15H2,1H3,(H,22,24)/t19-/m1/s1. The molecule has 1 aliphatic rings. The van der Waals surface area contributed by atoms with Crippen LogP contribution in [0.4, 0.5) is 0 Å². The van der Waals surface area contributed by atoms with E-state index in [1.807, 2.05) is 54.6 Å². The van der Waals surface area contributed by atoms with Gasteiger partial charge in [-0.2, -0.15) is 0 Å². The van der Waals surface area contributed by atoms with Gasteiger partial charge in [0.1, 0.15) is 5.75 Å². The molecule has 1 fully saturated rings. The lowest BCUT2D eigenvalue weighted by Gasteiger charge is -2.37. The molecule has 2 aromatic carbocycles. The van der Waals surface area contributed by atoms with Crippen molar-refractivity contribution in [3.8, 4) is 5.75 Å². The molecule has 3 rings (SSSR count). The van der Waals surface area contributed by atoms with E-state index in [0.717, 1.165) is 16.9 Å². The zero-order chi connectivity index (χ0) is 18.4. The molecular weight excluding hydrogens is 330 g/mol. The van der Waals surface area contributed by atoms with E-state index >= 15 is 0 Å². The maximum atomic E-state index is 13.3. The second-order valence-corrected chi connectivity index (χ2v) is 6.54. The molecule has 1 amide bonds. The second kappa shape index (κ2) is 8.34. The van der Waals surface area contributed by atoms with E-state index in [4.69, 9.17) is 9.47 Å². The Hall–Kier alpha value is -2.37. The van der Waals surface area contributed by atoms with Crippen molar-refractivity contribution >= 4 is 5.91 Å². The number of hydrogen-bond acceptors (Lipinski definition) is 4. The third-order valence-electron chi connectivity index (χ3n) is 5.11. The second-order valence-electron chi connectivity index (χ2n) is 6.54. The number of amides is 1. The van der Waals surface area contributed by atoms with E-state index in [1.54, 1.807) is 7.11 Å². The predicted octanol–water partition coefficient (Wildman–Crippen LogP) is 2.59. The van der Waals surface area contributed by atoms with Crippen molar-refractivity contribution < 1.29 is 19.4 Å². The first kappa shape index (κ1) is 18.4. The van der Waals surface area contributed by atoms with Gasteiger partial charge >= 0.3 is 0 Å². The number of aliphatic hydroxyl groups excluding tert-OH is 1. The summed E-state index contributed by atoms with van der Waals surface area (Å²) in [5.74, 6) is 0.683. The van der Waals surface area contributed by atoms with Crippen LogP contribution in [0.25, 0.3) is 0 Å². The molecule has 0 spiro atoms. The van der Waals surface area contributed by atoms with Gasteiger partial charge in [-0.05, 0) is 36.1 Å². The third kappa shape index (κ3) is 3.74. The van der Waals surface area contributed by atoms with Crippen LogP contribution >= 0.6 is 0 Å². The quantitative estimate of drug-likeness (QED) is 0.836. The highest BCUT2D eigenvalue weighted by Gasteiger charge is 2.42. The maximum absolute atomic E-state index is 13.3. The number of ether oxygens (including phenoxy) is 2. The van der Waals surface area contributed by atoms with Gasteiger partial charge in [0.2, 0.25) is 5.91 Å². The van der Waals surface area contributed by atoms with Crippen LogP contribution in [0.15, 0.2) is 54.6 Å². The molecule has 1 atom stereocenters. The number of hydrogen-bond donors (Lipinski definition) is 2. The van der Waals surface area contributed by atoms with Gasteiger partial charge in [-0.3, -0.25) is 4.79 Å². The van der Waals surface area contributed by atoms with Crippen LogP contribution < -0.4 is 10.1 Å². The molecule has 0 saturated carbocycles. The largest absolute Gasteiger partial charge is 0.497 e. The topological polar surface area (TPSA) is 67.8 Å². The molecule has 1 heterocycles. The van der Waals surface area contributed by atoms with Gasteiger partial charge in [-0.25, -0.2) is 0 Å². The first-order chi connectivity index (χ1) is 12.7. The van der Waals surface area contributed by atoms with E-state index in [1.165, 1.54) is 0 Å². The van der Waals surface area contributed by atoms with Crippen molar-refractivity contribution in [2.45, 2.75) is 24.3 Å². The van der Waals surface area contributed by atoms with Crippen molar-refractivity contribution in [3.05, 3.63) is 65.7 Å². The third-order valence-corrected chi connectivity index (χ3v) is 5.11. The summed E-state index contributed by atoms with van der Waals surface area (Å²) in [5, 5.41) is 12.8. The Morgan fingerprint density at radius 3 is 2.38 bits per heavy atom. The van der Waals surface area contributed by atoms with Gasteiger partial charge in [0.05, 0.1) is 25.2 Å². The van der Waals surface area contributed by atoms with Gasteiger partial charge in [0.25, 0.3) is 0 Å². The van der Waals surface area contributed by atoms with Gasteiger partial charge in [-0.1, -0.05) is 42.5 Å². The molecule has 0 unspecified atom stereocenters. The van der Waals surface area contributed by atoms with Crippen LogP contribution in [-0.4, -0.2) is 37.9 Å². The summed E-state index contributed by atoms with van der Waals surface area (Å²) in [6.07, 6.45) is 1.22. The molecule has 0 aromatic heterocycles. The fraction of sp³-hybridized carbons (Fsp3) is 0.381. The number of benzene rings is 2. The van der Waals surface area contributed by atoms with E-state index in [0.29, 0.717) is 26.1 Å². The minimum Gasteiger partial charge on any atom is -0.497 e. The highest BCUT2D eigenvalue weighted by molar-refractivity contribution is 5.88. The van der Waals surface area contributed by atoms with Crippen LogP contribution in [0.3, 0.4) is 0 Å². The van der Waals surface area contributed by atoms with E-state index in [9.17, 15) is 9.90 Å². The molecular formula is C21H25NO4. The summed E-state index contributed by atoms with van der Waals surface area (Å²) >= 11 is 0. The number of methoxy groups -OCH3 is 1. The van der Waals surface area contributed by atoms with Crippen molar-refractivity contribution in [1.29, 1.82) is 0 Å². The number of carbonyl (C=O) groups is 1. The highest BCUT2D eigenvalue weighted by Crippen LogP contribution is 2.36. The summed E-state index contributed by atoms with van der Waals surface area (Å²) in [6.45, 7) is 0.925. The van der Waals surface area contributed by atoms with Crippen LogP contribution in [-0.2, 0) is 14.9 Å². The highest BCUT2D eigenvalue weighted by atomic mass is 16.5. The molecule has 2 N–H and O–H groups in total. The molecule has 0 radical (unpaired) electrons. The summed E-state index contributed by atoms with van der Waals surface area (Å²) in [6, 6.07) is 16.7. The minimum absolute atomic E-state index is 0.0751. The lowest BCUT2D eigenvalue weighted by molar-refractivity contribution is -0.131. The van der Waals surface area contributed by atoms with E-state index < -0.39 is 11.5 Å². The SMILES string of the molecule is COc1ccc(C2(C(=O)N[C@H](CO)c3ccccc3)CCOCC2)cc1. The van der Waals surface area contributed by atoms with Crippen LogP contribution in [0, 0.1) is 0 Å². The van der Waals surface area contributed by atoms with E-state index in [-0.39, 0.29) is 12.5 Å². The van der Waals surface area contributed by atoms with Gasteiger partial charge in [0, 0.05) is 13.2 Å². The molecule has 0 aliphatic carbocycles. The van der Waals surface area contributed by atoms with Crippen molar-refractivity contribution in [2.75, 3.05) is 26.9 Å². The van der Waals surface area contributed by atoms with Crippen molar-refractivity contribution in [3.63, 3.8) is 0 Å². The molecule has 1 saturated heterocycles. The van der Waals surface area contributed by atoms with Gasteiger partial charge in [0.15, 0.2) is 0 Å². The first-order valence-corrected chi connectivity index (χ1v) is 8.88. The molecule has 0 bridgehead atoms. The molecule has 138 valence electrons. The van der Waals surface area contributed by atoms with E-state index in [2.05, 4.69) is 5.32 Å². The number of rotatable bonds is 6. The molecule has 1 aliphatic heterocycles. The maximum Gasteiger partial charge on any atom is 0.231 e. The Kier molecular flexibility index (Phi) is 5.91. The van der Waals surface area contributed by atoms with Gasteiger partial charge in [-0.15, -0.1) is 0 Å². The summed E-state index contributed by atoms with van der Waals surface area (Å²) in [7, 11) is 1.62. The number of carbonyl (C=O) groups excluding carboxylic acids is 1. The number of aliphatic hydroxyl groups is 1. The Morgan fingerprint density at radius 1 is 1.15 bits per heavy atom. The molecule has 26 heavy (non-hydrogen) atoms. The van der Waals surface area contributed by atoms with Crippen LogP contribution in [0.1, 0.15) is 30.0 Å². The molecule has 5 heteroatoms. The number of nitrogens with one attached hydrogen (secondary N) is 1. The fourth-order valence-corrected chi connectivity index (χ4v) is 3.49. The Morgan fingerprint density at radius 2 is 1.81 bits per heavy atom. The first-order valence-electron chi connectivity index (χ1n) is 8.88. The summed E-state index contributed by atoms with van der Waals surface area (Å²) < 4.78 is 10.7. The van der Waals surface area contributed by atoms with Crippen LogP contribution in [0.2, 0.25) is 0 Å². The smallest absolute Gasteiger partial charge is 0.231 e. The normalized spacial score (nSPS) is 17.3. The lowest BCUT2D eigenvalue weighted by Crippen LogP contribution is -2.49. The summed E-state index contributed by atoms with van der Waals surface area (Å²) in [4.78, 5) is 13.3. The van der Waals surface area contributed by atoms with Crippen molar-refractivity contribution in [1.82, 2.24) is 5.32 Å². The van der Waals surface area contributed by atoms with Crippen molar-refractivity contribution in [2.24, 2.45) is 0 Å². The summed E-state index contributed by atoms with van der Waals surface area (Å²) in [5.41, 5.74) is 1.18. The zero-order valence-corrected chi connectivity index (χ0v) is 15.0. The molecule has 2 aromatic rings. The fourth-order valence-electron chi connectivity index (χ4n) is 3.49. The minimum atomic E-state index is -0.660. The Bertz CT molecular complexity index is 709. The lowest BCUT2D eigenvalue weighted by atomic mass is 9.73. The van der Waals surface area contributed by atoms with Crippen LogP contribution in [0.5, 0.6) is 5.75 Å². The monoisotopic (exact) mass is 355 g/mol. The Labute approximate surface area is 153 Å². The Balaban J connectivity index is 1.87. The average molecular weight is 355 g/mol. The predicted molar refractivity (Wildman–Crippen MR) is 99.1 cm³/mol. The zero-order valence-electron chi connectivity index (χ0n) is 15.0. The van der Waals surface area contributed by atoms with Gasteiger partial charge < -0.3 is 19.9 Å². The molecule has 5 nitrogen and oxygen atoms in total. The average Bonchev–Trinajstić information content (AvgIpc) is 2.73.